The minimum atomic E-state index is -1.15. The lowest BCUT2D eigenvalue weighted by Crippen LogP contribution is -2.27. The van der Waals surface area contributed by atoms with Crippen LogP contribution in [0.25, 0.3) is 17.7 Å². The van der Waals surface area contributed by atoms with Gasteiger partial charge in [0.05, 0.1) is 18.2 Å². The number of rotatable bonds is 7. The lowest BCUT2D eigenvalue weighted by Gasteiger charge is -2.28. The summed E-state index contributed by atoms with van der Waals surface area (Å²) in [5.74, 6) is 0.232. The predicted molar refractivity (Wildman–Crippen MR) is 131 cm³/mol. The zero-order chi connectivity index (χ0) is 24.3. The average molecular weight is 459 g/mol. The number of aliphatic carboxylic acids is 1. The number of carbonyl (C=O) groups is 1. The molecule has 0 bridgehead atoms. The van der Waals surface area contributed by atoms with E-state index in [1.165, 1.54) is 13.2 Å². The minimum Gasteiger partial charge on any atom is -0.507 e. The van der Waals surface area contributed by atoms with E-state index in [0.29, 0.717) is 33.9 Å². The Hall–Kier alpha value is -4.19. The fourth-order valence-corrected chi connectivity index (χ4v) is 3.69. The highest BCUT2D eigenvalue weighted by molar-refractivity contribution is 6.21. The van der Waals surface area contributed by atoms with E-state index >= 15 is 0 Å². The van der Waals surface area contributed by atoms with E-state index in [-0.39, 0.29) is 17.9 Å². The Labute approximate surface area is 198 Å². The molecule has 3 aromatic carbocycles. The largest absolute Gasteiger partial charge is 0.507 e. The maximum atomic E-state index is 12.3. The molecular weight excluding hydrogens is 432 g/mol. The molecule has 0 spiro atoms. The number of hydrogen-bond donors (Lipinski definition) is 2. The molecule has 0 saturated heterocycles. The number of carboxylic acid groups (broad SMARTS) is 1. The first-order valence-corrected chi connectivity index (χ1v) is 10.8. The molecule has 0 fully saturated rings. The standard InChI is InChI=1S/C28H26O6/c1-28(2)14-13-22-24(34-28)12-9-19(26(22)29)15-23(27(30)31)21-11-10-20(32-3)16-25(21)33-17-18-7-5-4-6-8-18/h4-16,29H,17H2,1-3H3,(H,30,31). The highest BCUT2D eigenvalue weighted by atomic mass is 16.5. The summed E-state index contributed by atoms with van der Waals surface area (Å²) in [5, 5.41) is 20.9. The van der Waals surface area contributed by atoms with Crippen molar-refractivity contribution >= 4 is 23.7 Å². The van der Waals surface area contributed by atoms with Gasteiger partial charge in [-0.15, -0.1) is 0 Å². The van der Waals surface area contributed by atoms with Gasteiger partial charge in [-0.05, 0) is 61.9 Å². The first-order valence-electron chi connectivity index (χ1n) is 10.8. The maximum Gasteiger partial charge on any atom is 0.336 e. The first kappa shape index (κ1) is 23.0. The van der Waals surface area contributed by atoms with E-state index in [9.17, 15) is 15.0 Å². The van der Waals surface area contributed by atoms with Crippen LogP contribution in [-0.2, 0) is 11.4 Å². The van der Waals surface area contributed by atoms with Gasteiger partial charge in [0.25, 0.3) is 0 Å². The second kappa shape index (κ2) is 9.35. The zero-order valence-electron chi connectivity index (χ0n) is 19.2. The number of phenols is 1. The van der Waals surface area contributed by atoms with Crippen LogP contribution in [0, 0.1) is 0 Å². The third-order valence-corrected chi connectivity index (χ3v) is 5.48. The molecular formula is C28H26O6. The molecule has 3 aromatic rings. The monoisotopic (exact) mass is 458 g/mol. The molecule has 6 heteroatoms. The molecule has 1 aliphatic heterocycles. The minimum absolute atomic E-state index is 0.0259. The molecule has 0 saturated carbocycles. The van der Waals surface area contributed by atoms with Gasteiger partial charge >= 0.3 is 5.97 Å². The van der Waals surface area contributed by atoms with Crippen molar-refractivity contribution in [2.45, 2.75) is 26.1 Å². The fourth-order valence-electron chi connectivity index (χ4n) is 3.69. The van der Waals surface area contributed by atoms with Crippen LogP contribution in [-0.4, -0.2) is 28.9 Å². The average Bonchev–Trinajstić information content (AvgIpc) is 2.82. The van der Waals surface area contributed by atoms with Crippen molar-refractivity contribution in [3.05, 3.63) is 89.0 Å². The molecule has 2 N–H and O–H groups in total. The van der Waals surface area contributed by atoms with Crippen molar-refractivity contribution in [2.75, 3.05) is 7.11 Å². The van der Waals surface area contributed by atoms with Gasteiger partial charge in [-0.2, -0.15) is 0 Å². The van der Waals surface area contributed by atoms with Gasteiger partial charge in [-0.1, -0.05) is 30.3 Å². The van der Waals surface area contributed by atoms with E-state index < -0.39 is 11.6 Å². The molecule has 0 radical (unpaired) electrons. The maximum absolute atomic E-state index is 12.3. The molecule has 6 nitrogen and oxygen atoms in total. The Bertz CT molecular complexity index is 1270. The Morgan fingerprint density at radius 1 is 1.09 bits per heavy atom. The molecule has 1 heterocycles. The summed E-state index contributed by atoms with van der Waals surface area (Å²) in [7, 11) is 1.53. The summed E-state index contributed by atoms with van der Waals surface area (Å²) < 4.78 is 17.2. The lowest BCUT2D eigenvalue weighted by molar-refractivity contribution is -0.130. The van der Waals surface area contributed by atoms with Crippen molar-refractivity contribution < 1.29 is 29.2 Å². The molecule has 1 aliphatic rings. The molecule has 0 aliphatic carbocycles. The summed E-state index contributed by atoms with van der Waals surface area (Å²) in [6.45, 7) is 4.09. The van der Waals surface area contributed by atoms with Crippen molar-refractivity contribution in [3.63, 3.8) is 0 Å². The number of hydrogen-bond acceptors (Lipinski definition) is 5. The third-order valence-electron chi connectivity index (χ3n) is 5.48. The molecule has 0 unspecified atom stereocenters. The molecule has 0 atom stereocenters. The Kier molecular flexibility index (Phi) is 6.32. The molecule has 0 aromatic heterocycles. The topological polar surface area (TPSA) is 85.2 Å². The van der Waals surface area contributed by atoms with Crippen LogP contribution in [0.3, 0.4) is 0 Å². The Morgan fingerprint density at radius 3 is 2.56 bits per heavy atom. The summed E-state index contributed by atoms with van der Waals surface area (Å²) in [6, 6.07) is 17.9. The van der Waals surface area contributed by atoms with Crippen LogP contribution in [0.4, 0.5) is 0 Å². The van der Waals surface area contributed by atoms with Crippen molar-refractivity contribution in [2.24, 2.45) is 0 Å². The number of methoxy groups -OCH3 is 1. The second-order valence-electron chi connectivity index (χ2n) is 8.45. The molecule has 4 rings (SSSR count). The van der Waals surface area contributed by atoms with Gasteiger partial charge in [0.2, 0.25) is 0 Å². The van der Waals surface area contributed by atoms with Gasteiger partial charge in [-0.3, -0.25) is 0 Å². The predicted octanol–water partition coefficient (Wildman–Crippen LogP) is 5.79. The van der Waals surface area contributed by atoms with E-state index in [0.717, 1.165) is 5.56 Å². The quantitative estimate of drug-likeness (QED) is 0.344. The first-order chi connectivity index (χ1) is 16.3. The smallest absolute Gasteiger partial charge is 0.336 e. The summed E-state index contributed by atoms with van der Waals surface area (Å²) in [6.07, 6.45) is 5.07. The summed E-state index contributed by atoms with van der Waals surface area (Å²) in [4.78, 5) is 12.3. The van der Waals surface area contributed by atoms with Gasteiger partial charge < -0.3 is 24.4 Å². The van der Waals surface area contributed by atoms with Gasteiger partial charge in [0, 0.05) is 17.2 Å². The van der Waals surface area contributed by atoms with Crippen LogP contribution < -0.4 is 14.2 Å². The van der Waals surface area contributed by atoms with E-state index in [4.69, 9.17) is 14.2 Å². The van der Waals surface area contributed by atoms with Gasteiger partial charge in [0.1, 0.15) is 35.2 Å². The van der Waals surface area contributed by atoms with Crippen LogP contribution in [0.5, 0.6) is 23.0 Å². The van der Waals surface area contributed by atoms with Crippen LogP contribution in [0.2, 0.25) is 0 Å². The fraction of sp³-hybridized carbons (Fsp3) is 0.179. The zero-order valence-corrected chi connectivity index (χ0v) is 19.2. The number of benzene rings is 3. The number of aromatic hydroxyl groups is 1. The Balaban J connectivity index is 1.75. The number of carboxylic acids is 1. The van der Waals surface area contributed by atoms with Crippen molar-refractivity contribution in [1.82, 2.24) is 0 Å². The Morgan fingerprint density at radius 2 is 1.85 bits per heavy atom. The van der Waals surface area contributed by atoms with Crippen LogP contribution in [0.15, 0.2) is 66.7 Å². The van der Waals surface area contributed by atoms with Crippen molar-refractivity contribution in [3.8, 4) is 23.0 Å². The number of phenolic OH excluding ortho intramolecular Hbond substituents is 1. The highest BCUT2D eigenvalue weighted by Crippen LogP contribution is 2.40. The van der Waals surface area contributed by atoms with E-state index in [2.05, 4.69) is 0 Å². The number of ether oxygens (including phenoxy) is 3. The molecule has 174 valence electrons. The molecule has 0 amide bonds. The normalized spacial score (nSPS) is 14.1. The highest BCUT2D eigenvalue weighted by Gasteiger charge is 2.25. The van der Waals surface area contributed by atoms with Crippen LogP contribution in [0.1, 0.15) is 36.1 Å². The number of fused-ring (bicyclic) bond motifs is 1. The summed E-state index contributed by atoms with van der Waals surface area (Å²) >= 11 is 0. The molecule has 34 heavy (non-hydrogen) atoms. The summed E-state index contributed by atoms with van der Waals surface area (Å²) in [5.41, 5.74) is 1.66. The third kappa shape index (κ3) is 4.91. The van der Waals surface area contributed by atoms with Crippen LogP contribution >= 0.6 is 0 Å². The SMILES string of the molecule is COc1ccc(C(=Cc2ccc3c(c2O)C=CC(C)(C)O3)C(=O)O)c(OCc2ccccc2)c1. The van der Waals surface area contributed by atoms with E-state index in [1.54, 1.807) is 36.4 Å². The van der Waals surface area contributed by atoms with E-state index in [1.807, 2.05) is 50.3 Å². The van der Waals surface area contributed by atoms with Crippen molar-refractivity contribution in [1.29, 1.82) is 0 Å². The van der Waals surface area contributed by atoms with Gasteiger partial charge in [-0.25, -0.2) is 4.79 Å². The lowest BCUT2D eigenvalue weighted by atomic mass is 9.97. The van der Waals surface area contributed by atoms with Gasteiger partial charge in [0.15, 0.2) is 0 Å². The second-order valence-corrected chi connectivity index (χ2v) is 8.45.